The molecule has 0 aromatic rings. The number of aliphatic hydroxyl groups is 3. The van der Waals surface area contributed by atoms with Crippen molar-refractivity contribution in [2.75, 3.05) is 0 Å². The summed E-state index contributed by atoms with van der Waals surface area (Å²) in [7, 11) is 0. The normalized spacial score (nSPS) is 17.8. The second-order valence-corrected chi connectivity index (χ2v) is 3.04. The van der Waals surface area contributed by atoms with E-state index in [9.17, 15) is 9.90 Å². The van der Waals surface area contributed by atoms with E-state index in [1.165, 1.54) is 0 Å². The number of carbonyl (C=O) groups is 1. The largest absolute Gasteiger partial charge is 0.479 e. The number of rotatable bonds is 6. The van der Waals surface area contributed by atoms with Crippen molar-refractivity contribution in [3.8, 4) is 0 Å². The molecule has 0 aliphatic heterocycles. The first-order chi connectivity index (χ1) is 5.97. The quantitative estimate of drug-likeness (QED) is 0.448. The number of carboxylic acids is 1. The van der Waals surface area contributed by atoms with Crippen LogP contribution in [-0.4, -0.2) is 44.7 Å². The van der Waals surface area contributed by atoms with Gasteiger partial charge in [-0.15, -0.1) is 0 Å². The van der Waals surface area contributed by atoms with Crippen LogP contribution < -0.4 is 0 Å². The van der Waals surface area contributed by atoms with Crippen LogP contribution in [0.4, 0.5) is 0 Å². The lowest BCUT2D eigenvalue weighted by atomic mass is 10.0. The highest BCUT2D eigenvalue weighted by atomic mass is 16.4. The molecular formula is C8H16O5. The highest BCUT2D eigenvalue weighted by Crippen LogP contribution is 2.07. The Morgan fingerprint density at radius 3 is 2.08 bits per heavy atom. The number of aliphatic carboxylic acids is 1. The van der Waals surface area contributed by atoms with Crippen LogP contribution in [-0.2, 0) is 4.79 Å². The van der Waals surface area contributed by atoms with Crippen molar-refractivity contribution in [2.24, 2.45) is 0 Å². The number of carboxylic acid groups (broad SMARTS) is 1. The van der Waals surface area contributed by atoms with Gasteiger partial charge in [-0.3, -0.25) is 0 Å². The topological polar surface area (TPSA) is 98.0 Å². The van der Waals surface area contributed by atoms with E-state index in [1.54, 1.807) is 6.92 Å². The highest BCUT2D eigenvalue weighted by Gasteiger charge is 2.19. The van der Waals surface area contributed by atoms with Crippen molar-refractivity contribution in [3.63, 3.8) is 0 Å². The number of hydrogen-bond donors (Lipinski definition) is 4. The molecule has 1 unspecified atom stereocenters. The van der Waals surface area contributed by atoms with Gasteiger partial charge in [0.05, 0.1) is 12.2 Å². The van der Waals surface area contributed by atoms with Gasteiger partial charge in [-0.25, -0.2) is 4.79 Å². The third-order valence-corrected chi connectivity index (χ3v) is 1.80. The van der Waals surface area contributed by atoms with Crippen molar-refractivity contribution >= 4 is 5.97 Å². The zero-order valence-electron chi connectivity index (χ0n) is 7.55. The van der Waals surface area contributed by atoms with Gasteiger partial charge in [-0.1, -0.05) is 6.92 Å². The summed E-state index contributed by atoms with van der Waals surface area (Å²) in [6.07, 6.45) is -2.82. The average Bonchev–Trinajstić information content (AvgIpc) is 2.03. The first-order valence-corrected chi connectivity index (χ1v) is 4.24. The first-order valence-electron chi connectivity index (χ1n) is 4.24. The Kier molecular flexibility index (Phi) is 5.61. The van der Waals surface area contributed by atoms with Crippen LogP contribution in [0.1, 0.15) is 26.2 Å². The minimum Gasteiger partial charge on any atom is -0.479 e. The summed E-state index contributed by atoms with van der Waals surface area (Å²) >= 11 is 0. The summed E-state index contributed by atoms with van der Waals surface area (Å²) in [6, 6.07) is 0. The predicted octanol–water partition coefficient (Wildman–Crippen LogP) is -0.656. The molecule has 78 valence electrons. The third-order valence-electron chi connectivity index (χ3n) is 1.80. The summed E-state index contributed by atoms with van der Waals surface area (Å²) in [6.45, 7) is 1.75. The van der Waals surface area contributed by atoms with E-state index in [2.05, 4.69) is 0 Å². The van der Waals surface area contributed by atoms with Crippen LogP contribution in [0.25, 0.3) is 0 Å². The standard InChI is InChI=1S/C8H16O5/c1-2-5(9)3-6(10)4-7(11)8(12)13/h5-7,9-11H,2-4H2,1H3,(H,12,13)/t5-,6?,7-/m1/s1. The van der Waals surface area contributed by atoms with Gasteiger partial charge in [-0.05, 0) is 12.8 Å². The summed E-state index contributed by atoms with van der Waals surface area (Å²) in [5.41, 5.74) is 0. The zero-order chi connectivity index (χ0) is 10.4. The van der Waals surface area contributed by atoms with Gasteiger partial charge >= 0.3 is 5.97 Å². The molecule has 0 bridgehead atoms. The Labute approximate surface area is 76.6 Å². The lowest BCUT2D eigenvalue weighted by Gasteiger charge is -2.15. The predicted molar refractivity (Wildman–Crippen MR) is 45.2 cm³/mol. The molecule has 0 radical (unpaired) electrons. The van der Waals surface area contributed by atoms with Crippen molar-refractivity contribution in [1.29, 1.82) is 0 Å². The molecule has 0 saturated carbocycles. The summed E-state index contributed by atoms with van der Waals surface area (Å²) in [4.78, 5) is 10.2. The lowest BCUT2D eigenvalue weighted by molar-refractivity contribution is -0.148. The second kappa shape index (κ2) is 5.90. The van der Waals surface area contributed by atoms with Gasteiger partial charge in [0.2, 0.25) is 0 Å². The fourth-order valence-electron chi connectivity index (χ4n) is 0.935. The van der Waals surface area contributed by atoms with E-state index in [-0.39, 0.29) is 12.8 Å². The SMILES string of the molecule is CC[C@@H](O)CC(O)C[C@@H](O)C(=O)O. The van der Waals surface area contributed by atoms with Crippen LogP contribution >= 0.6 is 0 Å². The van der Waals surface area contributed by atoms with Gasteiger partial charge in [0.15, 0.2) is 6.10 Å². The Morgan fingerprint density at radius 1 is 1.15 bits per heavy atom. The van der Waals surface area contributed by atoms with Crippen molar-refractivity contribution in [2.45, 2.75) is 44.5 Å². The van der Waals surface area contributed by atoms with E-state index >= 15 is 0 Å². The van der Waals surface area contributed by atoms with E-state index in [4.69, 9.17) is 15.3 Å². The van der Waals surface area contributed by atoms with Crippen LogP contribution in [0.5, 0.6) is 0 Å². The van der Waals surface area contributed by atoms with Crippen molar-refractivity contribution in [1.82, 2.24) is 0 Å². The maximum absolute atomic E-state index is 10.2. The summed E-state index contributed by atoms with van der Waals surface area (Å²) in [5, 5.41) is 35.4. The van der Waals surface area contributed by atoms with E-state index in [0.29, 0.717) is 6.42 Å². The van der Waals surface area contributed by atoms with Gasteiger partial charge in [0.1, 0.15) is 0 Å². The maximum Gasteiger partial charge on any atom is 0.332 e. The Bertz CT molecular complexity index is 159. The molecule has 0 rings (SSSR count). The molecule has 13 heavy (non-hydrogen) atoms. The van der Waals surface area contributed by atoms with Crippen LogP contribution in [0.15, 0.2) is 0 Å². The molecule has 0 aliphatic rings. The molecule has 0 aliphatic carbocycles. The second-order valence-electron chi connectivity index (χ2n) is 3.04. The summed E-state index contributed by atoms with van der Waals surface area (Å²) < 4.78 is 0. The number of hydrogen-bond acceptors (Lipinski definition) is 4. The molecule has 0 aromatic carbocycles. The van der Waals surface area contributed by atoms with Gasteiger partial charge in [0.25, 0.3) is 0 Å². The van der Waals surface area contributed by atoms with Gasteiger partial charge in [0, 0.05) is 6.42 Å². The Hall–Kier alpha value is -0.650. The van der Waals surface area contributed by atoms with E-state index in [1.807, 2.05) is 0 Å². The first kappa shape index (κ1) is 12.3. The van der Waals surface area contributed by atoms with Crippen LogP contribution in [0.2, 0.25) is 0 Å². The Balaban J connectivity index is 3.73. The Morgan fingerprint density at radius 2 is 1.69 bits per heavy atom. The van der Waals surface area contributed by atoms with E-state index < -0.39 is 24.3 Å². The van der Waals surface area contributed by atoms with Gasteiger partial charge in [-0.2, -0.15) is 0 Å². The number of aliphatic hydroxyl groups excluding tert-OH is 3. The lowest BCUT2D eigenvalue weighted by Crippen LogP contribution is -2.27. The molecule has 0 amide bonds. The molecule has 5 nitrogen and oxygen atoms in total. The molecule has 0 saturated heterocycles. The molecule has 3 atom stereocenters. The molecule has 0 fully saturated rings. The van der Waals surface area contributed by atoms with Crippen molar-refractivity contribution < 1.29 is 25.2 Å². The molecule has 5 heteroatoms. The fourth-order valence-corrected chi connectivity index (χ4v) is 0.935. The third kappa shape index (κ3) is 5.57. The minimum absolute atomic E-state index is 0.0981. The van der Waals surface area contributed by atoms with E-state index in [0.717, 1.165) is 0 Å². The molecule has 4 N–H and O–H groups in total. The molecule has 0 spiro atoms. The maximum atomic E-state index is 10.2. The fraction of sp³-hybridized carbons (Fsp3) is 0.875. The molecule has 0 heterocycles. The monoisotopic (exact) mass is 192 g/mol. The van der Waals surface area contributed by atoms with Crippen LogP contribution in [0.3, 0.4) is 0 Å². The smallest absolute Gasteiger partial charge is 0.332 e. The van der Waals surface area contributed by atoms with Gasteiger partial charge < -0.3 is 20.4 Å². The average molecular weight is 192 g/mol. The highest BCUT2D eigenvalue weighted by molar-refractivity contribution is 5.71. The minimum atomic E-state index is -1.56. The molecule has 0 aromatic heterocycles. The summed E-state index contributed by atoms with van der Waals surface area (Å²) in [5.74, 6) is -1.36. The zero-order valence-corrected chi connectivity index (χ0v) is 7.55. The molecular weight excluding hydrogens is 176 g/mol. The van der Waals surface area contributed by atoms with Crippen molar-refractivity contribution in [3.05, 3.63) is 0 Å². The van der Waals surface area contributed by atoms with Crippen LogP contribution in [0, 0.1) is 0 Å².